The Kier molecular flexibility index (Phi) is 1.24. The monoisotopic (exact) mass is 187 g/mol. The minimum absolute atomic E-state index is 0.0351. The van der Waals surface area contributed by atoms with Crippen LogP contribution >= 0.6 is 0 Å². The first-order valence-corrected chi connectivity index (χ1v) is 3.71. The quantitative estimate of drug-likeness (QED) is 0.701. The highest BCUT2D eigenvalue weighted by Crippen LogP contribution is 2.16. The number of carbonyl (C=O) groups excluding carboxylic acids is 1. The molecule has 5 nitrogen and oxygen atoms in total. The summed E-state index contributed by atoms with van der Waals surface area (Å²) in [4.78, 5) is 11.2. The molecule has 0 saturated heterocycles. The van der Waals surface area contributed by atoms with Gasteiger partial charge >= 0.3 is 0 Å². The van der Waals surface area contributed by atoms with Crippen molar-refractivity contribution in [3.8, 4) is 0 Å². The van der Waals surface area contributed by atoms with Crippen LogP contribution in [0.2, 0.25) is 0 Å². The lowest BCUT2D eigenvalue weighted by molar-refractivity contribution is 0.0992. The highest BCUT2D eigenvalue weighted by atomic mass is 16.1. The van der Waals surface area contributed by atoms with Crippen LogP contribution in [0.3, 0.4) is 0 Å². The van der Waals surface area contributed by atoms with Gasteiger partial charge in [0.05, 0.1) is 11.4 Å². The zero-order chi connectivity index (χ0) is 14.3. The van der Waals surface area contributed by atoms with Gasteiger partial charge in [-0.15, -0.1) is 0 Å². The van der Waals surface area contributed by atoms with Crippen molar-refractivity contribution in [3.63, 3.8) is 0 Å². The smallest absolute Gasteiger partial charge is 0.269 e. The molecule has 1 aromatic heterocycles. The van der Waals surface area contributed by atoms with Crippen molar-refractivity contribution in [2.75, 3.05) is 5.73 Å². The summed E-state index contributed by atoms with van der Waals surface area (Å²) in [7, 11) is 0. The molecule has 0 bridgehead atoms. The maximum Gasteiger partial charge on any atom is 0.269 e. The van der Waals surface area contributed by atoms with Crippen LogP contribution in [0, 0.1) is 0 Å². The van der Waals surface area contributed by atoms with Crippen molar-refractivity contribution in [2.24, 2.45) is 12.7 Å². The predicted molar refractivity (Wildman–Crippen MR) is 50.1 cm³/mol. The summed E-state index contributed by atoms with van der Waals surface area (Å²) in [6.45, 7) is -1.20. The van der Waals surface area contributed by atoms with E-state index < -0.39 is 24.9 Å². The molecule has 1 amide bonds. The van der Waals surface area contributed by atoms with E-state index in [1.165, 1.54) is 0 Å². The molecule has 0 radical (unpaired) electrons. The topological polar surface area (TPSA) is 86.9 Å². The number of rotatable bonds is 3. The first kappa shape index (κ1) is 4.64. The second-order valence-corrected chi connectivity index (χ2v) is 2.42. The number of hydrogen-bond acceptors (Lipinski definition) is 3. The van der Waals surface area contributed by atoms with E-state index in [0.717, 1.165) is 0 Å². The number of carbonyl (C=O) groups is 1. The van der Waals surface area contributed by atoms with Gasteiger partial charge in [-0.25, -0.2) is 0 Å². The molecule has 1 heterocycles. The zero-order valence-electron chi connectivity index (χ0n) is 12.2. The number of aromatic nitrogens is 2. The molecule has 0 atom stereocenters. The largest absolute Gasteiger partial charge is 0.395 e. The van der Waals surface area contributed by atoms with Gasteiger partial charge in [0, 0.05) is 13.8 Å². The van der Waals surface area contributed by atoms with Crippen LogP contribution in [0.5, 0.6) is 0 Å². The van der Waals surface area contributed by atoms with Crippen molar-refractivity contribution in [3.05, 3.63) is 11.4 Å². The molecule has 0 fully saturated rings. The number of nitrogens with two attached hydrogens (primary N) is 2. The number of anilines is 1. The van der Waals surface area contributed by atoms with Gasteiger partial charge < -0.3 is 11.5 Å². The number of hydrogen-bond donors (Lipinski definition) is 2. The second-order valence-electron chi connectivity index (χ2n) is 2.42. The SMILES string of the molecule is [2H]C([2H])(CC)c1nn(C([2H])([2H])[2H])c(C(N)=O)c1N. The summed E-state index contributed by atoms with van der Waals surface area (Å²) in [5.41, 5.74) is 9.54. The molecule has 0 aliphatic carbocycles. The van der Waals surface area contributed by atoms with Crippen LogP contribution in [0.1, 0.15) is 36.4 Å². The van der Waals surface area contributed by atoms with E-state index in [-0.39, 0.29) is 17.8 Å². The zero-order valence-corrected chi connectivity index (χ0v) is 7.16. The van der Waals surface area contributed by atoms with Gasteiger partial charge in [-0.3, -0.25) is 9.48 Å². The van der Waals surface area contributed by atoms with Gasteiger partial charge in [0.1, 0.15) is 5.69 Å². The molecule has 0 spiro atoms. The van der Waals surface area contributed by atoms with Gasteiger partial charge in [0.25, 0.3) is 5.91 Å². The lowest BCUT2D eigenvalue weighted by atomic mass is 10.2. The van der Waals surface area contributed by atoms with Gasteiger partial charge in [0.15, 0.2) is 0 Å². The van der Waals surface area contributed by atoms with Crippen molar-refractivity contribution in [1.29, 1.82) is 0 Å². The normalized spacial score (nSPS) is 18.1. The van der Waals surface area contributed by atoms with Crippen LogP contribution in [0.4, 0.5) is 5.69 Å². The Bertz CT molecular complexity index is 479. The number of primary amides is 1. The van der Waals surface area contributed by atoms with Crippen LogP contribution in [-0.4, -0.2) is 15.7 Å². The van der Waals surface area contributed by atoms with Crippen LogP contribution in [0.15, 0.2) is 0 Å². The molecular formula is C8H14N4O. The Morgan fingerprint density at radius 3 is 2.92 bits per heavy atom. The minimum Gasteiger partial charge on any atom is -0.395 e. The number of nitrogen functional groups attached to an aromatic ring is 1. The first-order valence-electron chi connectivity index (χ1n) is 6.21. The maximum atomic E-state index is 11.2. The first-order chi connectivity index (χ1) is 8.02. The van der Waals surface area contributed by atoms with E-state index in [1.807, 2.05) is 0 Å². The Morgan fingerprint density at radius 2 is 2.54 bits per heavy atom. The standard InChI is InChI=1S/C8H14N4O/c1-3-4-5-6(9)7(8(10)13)12(2)11-5/h3-4,9H2,1-2H3,(H2,10,13)/i2D3,4D2. The predicted octanol–water partition coefficient (Wildman–Crippen LogP) is 0.0537. The van der Waals surface area contributed by atoms with E-state index in [9.17, 15) is 4.79 Å². The highest BCUT2D eigenvalue weighted by molar-refractivity contribution is 5.96. The Labute approximate surface area is 83.7 Å². The molecule has 5 heteroatoms. The molecule has 0 aliphatic heterocycles. The molecule has 72 valence electrons. The maximum absolute atomic E-state index is 11.2. The average molecular weight is 187 g/mol. The third-order valence-electron chi connectivity index (χ3n) is 1.50. The fourth-order valence-electron chi connectivity index (χ4n) is 0.965. The second kappa shape index (κ2) is 3.47. The highest BCUT2D eigenvalue weighted by Gasteiger charge is 2.16. The van der Waals surface area contributed by atoms with Crippen molar-refractivity contribution < 1.29 is 11.6 Å². The summed E-state index contributed by atoms with van der Waals surface area (Å²) < 4.78 is 37.5. The molecular weight excluding hydrogens is 168 g/mol. The summed E-state index contributed by atoms with van der Waals surface area (Å²) in [5.74, 6) is -1.06. The third-order valence-corrected chi connectivity index (χ3v) is 1.50. The van der Waals surface area contributed by atoms with Gasteiger partial charge in [-0.2, -0.15) is 5.10 Å². The number of amides is 1. The fourth-order valence-corrected chi connectivity index (χ4v) is 0.965. The van der Waals surface area contributed by atoms with E-state index >= 15 is 0 Å². The number of aryl methyl sites for hydroxylation is 2. The summed E-state index contributed by atoms with van der Waals surface area (Å²) in [6.07, 6.45) is -1.89. The van der Waals surface area contributed by atoms with Crippen LogP contribution < -0.4 is 11.5 Å². The van der Waals surface area contributed by atoms with Crippen molar-refractivity contribution in [1.82, 2.24) is 9.78 Å². The van der Waals surface area contributed by atoms with Crippen molar-refractivity contribution in [2.45, 2.75) is 19.7 Å². The molecule has 0 unspecified atom stereocenters. The lowest BCUT2D eigenvalue weighted by Gasteiger charge is -1.96. The Balaban J connectivity index is 3.57. The average Bonchev–Trinajstić information content (AvgIpc) is 2.56. The van der Waals surface area contributed by atoms with E-state index in [4.69, 9.17) is 18.3 Å². The molecule has 1 aromatic rings. The van der Waals surface area contributed by atoms with Gasteiger partial charge in [0.2, 0.25) is 0 Å². The molecule has 0 aliphatic rings. The Morgan fingerprint density at radius 1 is 1.85 bits per heavy atom. The van der Waals surface area contributed by atoms with Gasteiger partial charge in [-0.1, -0.05) is 13.3 Å². The summed E-state index contributed by atoms with van der Waals surface area (Å²) >= 11 is 0. The Hall–Kier alpha value is -1.52. The molecule has 0 aromatic carbocycles. The van der Waals surface area contributed by atoms with Crippen LogP contribution in [0.25, 0.3) is 0 Å². The molecule has 13 heavy (non-hydrogen) atoms. The van der Waals surface area contributed by atoms with E-state index in [0.29, 0.717) is 4.68 Å². The molecule has 1 rings (SSSR count). The lowest BCUT2D eigenvalue weighted by Crippen LogP contribution is -2.17. The molecule has 0 saturated carbocycles. The van der Waals surface area contributed by atoms with Crippen molar-refractivity contribution >= 4 is 11.6 Å². The summed E-state index contributed by atoms with van der Waals surface area (Å²) in [5, 5.41) is 3.60. The molecule has 4 N–H and O–H groups in total. The number of nitrogens with zero attached hydrogens (tertiary/aromatic N) is 2. The van der Waals surface area contributed by atoms with E-state index in [2.05, 4.69) is 5.10 Å². The minimum atomic E-state index is -2.75. The fraction of sp³-hybridized carbons (Fsp3) is 0.500. The van der Waals surface area contributed by atoms with Crippen LogP contribution in [-0.2, 0) is 13.3 Å². The van der Waals surface area contributed by atoms with Gasteiger partial charge in [-0.05, 0) is 6.37 Å². The van der Waals surface area contributed by atoms with E-state index in [1.54, 1.807) is 6.92 Å². The third kappa shape index (κ3) is 1.63. The summed E-state index contributed by atoms with van der Waals surface area (Å²) in [6, 6.07) is 0.